The van der Waals surface area contributed by atoms with Gasteiger partial charge in [0, 0.05) is 12.7 Å². The zero-order valence-corrected chi connectivity index (χ0v) is 12.3. The average molecular weight is 257 g/mol. The minimum atomic E-state index is 0.293. The van der Waals surface area contributed by atoms with Crippen molar-refractivity contribution in [3.63, 3.8) is 0 Å². The normalized spacial score (nSPS) is 12.4. The Hall–Kier alpha value is -1.77. The van der Waals surface area contributed by atoms with E-state index in [1.54, 1.807) is 0 Å². The van der Waals surface area contributed by atoms with Crippen molar-refractivity contribution in [1.82, 2.24) is 9.55 Å². The second-order valence-corrected chi connectivity index (χ2v) is 5.13. The van der Waals surface area contributed by atoms with Gasteiger partial charge in [0.15, 0.2) is 0 Å². The molecule has 1 atom stereocenters. The summed E-state index contributed by atoms with van der Waals surface area (Å²) >= 11 is 0. The van der Waals surface area contributed by atoms with Crippen molar-refractivity contribution in [1.29, 1.82) is 0 Å². The van der Waals surface area contributed by atoms with E-state index in [0.717, 1.165) is 24.6 Å². The van der Waals surface area contributed by atoms with E-state index in [2.05, 4.69) is 66.1 Å². The molecule has 1 aromatic carbocycles. The van der Waals surface area contributed by atoms with Crippen LogP contribution < -0.4 is 5.32 Å². The van der Waals surface area contributed by atoms with E-state index < -0.39 is 0 Å². The zero-order chi connectivity index (χ0) is 13.8. The summed E-state index contributed by atoms with van der Waals surface area (Å²) < 4.78 is 2.22. The predicted octanol–water partition coefficient (Wildman–Crippen LogP) is 3.93. The number of imidazole rings is 1. The molecule has 0 spiro atoms. The Morgan fingerprint density at radius 3 is 2.53 bits per heavy atom. The van der Waals surface area contributed by atoms with Gasteiger partial charge < -0.3 is 9.88 Å². The maximum absolute atomic E-state index is 4.56. The molecule has 1 heterocycles. The van der Waals surface area contributed by atoms with Crippen LogP contribution in [0, 0.1) is 13.8 Å². The third kappa shape index (κ3) is 3.16. The van der Waals surface area contributed by atoms with Crippen molar-refractivity contribution < 1.29 is 0 Å². The summed E-state index contributed by atoms with van der Waals surface area (Å²) in [6.45, 7) is 9.48. The zero-order valence-electron chi connectivity index (χ0n) is 12.3. The number of aryl methyl sites for hydroxylation is 2. The second-order valence-electron chi connectivity index (χ2n) is 5.13. The molecular formula is C16H23N3. The van der Waals surface area contributed by atoms with Gasteiger partial charge in [0.25, 0.3) is 0 Å². The molecule has 0 fully saturated rings. The Labute approximate surface area is 115 Å². The van der Waals surface area contributed by atoms with Gasteiger partial charge in [-0.2, -0.15) is 0 Å². The molecule has 102 valence electrons. The molecule has 0 saturated carbocycles. The van der Waals surface area contributed by atoms with Crippen molar-refractivity contribution in [2.45, 2.75) is 40.2 Å². The van der Waals surface area contributed by atoms with Gasteiger partial charge in [-0.15, -0.1) is 0 Å². The number of nitrogens with one attached hydrogen (secondary N) is 1. The van der Waals surface area contributed by atoms with Gasteiger partial charge in [0.05, 0.1) is 11.7 Å². The Morgan fingerprint density at radius 2 is 1.89 bits per heavy atom. The molecule has 1 aromatic heterocycles. The highest BCUT2D eigenvalue weighted by Crippen LogP contribution is 2.23. The van der Waals surface area contributed by atoms with Crippen LogP contribution in [0.1, 0.15) is 43.1 Å². The number of hydrogen-bond acceptors (Lipinski definition) is 2. The number of aromatic nitrogens is 2. The Morgan fingerprint density at radius 1 is 1.21 bits per heavy atom. The van der Waals surface area contributed by atoms with Crippen LogP contribution in [0.5, 0.6) is 0 Å². The first kappa shape index (κ1) is 13.7. The standard InChI is InChI=1S/C16H23N3/c1-5-10-17-16-18-13(3)11-19(16)14(4)15-8-6-12(2)7-9-15/h6-9,11,14H,5,10H2,1-4H3,(H,17,18). The van der Waals surface area contributed by atoms with Crippen molar-refractivity contribution in [3.8, 4) is 0 Å². The first-order valence-corrected chi connectivity index (χ1v) is 6.97. The topological polar surface area (TPSA) is 29.9 Å². The number of hydrogen-bond donors (Lipinski definition) is 1. The van der Waals surface area contributed by atoms with E-state index in [0.29, 0.717) is 6.04 Å². The van der Waals surface area contributed by atoms with Crippen LogP contribution in [0.4, 0.5) is 5.95 Å². The van der Waals surface area contributed by atoms with Crippen LogP contribution in [0.3, 0.4) is 0 Å². The molecule has 3 heteroatoms. The van der Waals surface area contributed by atoms with Crippen LogP contribution in [0.2, 0.25) is 0 Å². The average Bonchev–Trinajstić information content (AvgIpc) is 2.77. The van der Waals surface area contributed by atoms with E-state index >= 15 is 0 Å². The lowest BCUT2D eigenvalue weighted by atomic mass is 10.1. The molecular weight excluding hydrogens is 234 g/mol. The summed E-state index contributed by atoms with van der Waals surface area (Å²) in [5.74, 6) is 0.965. The van der Waals surface area contributed by atoms with Crippen LogP contribution in [-0.4, -0.2) is 16.1 Å². The maximum atomic E-state index is 4.56. The molecule has 19 heavy (non-hydrogen) atoms. The fourth-order valence-electron chi connectivity index (χ4n) is 2.18. The summed E-state index contributed by atoms with van der Waals surface area (Å²) in [6.07, 6.45) is 3.22. The monoisotopic (exact) mass is 257 g/mol. The largest absolute Gasteiger partial charge is 0.356 e. The molecule has 0 radical (unpaired) electrons. The second kappa shape index (κ2) is 5.91. The van der Waals surface area contributed by atoms with E-state index in [1.807, 2.05) is 6.92 Å². The molecule has 2 rings (SSSR count). The lowest BCUT2D eigenvalue weighted by molar-refractivity contribution is 0.642. The fourth-order valence-corrected chi connectivity index (χ4v) is 2.18. The number of anilines is 1. The highest BCUT2D eigenvalue weighted by Gasteiger charge is 2.13. The first-order chi connectivity index (χ1) is 9.11. The van der Waals surface area contributed by atoms with Crippen LogP contribution in [0.25, 0.3) is 0 Å². The van der Waals surface area contributed by atoms with Crippen molar-refractivity contribution in [3.05, 3.63) is 47.3 Å². The summed E-state index contributed by atoms with van der Waals surface area (Å²) in [5.41, 5.74) is 3.65. The highest BCUT2D eigenvalue weighted by atomic mass is 15.2. The molecule has 3 nitrogen and oxygen atoms in total. The Balaban J connectivity index is 2.27. The summed E-state index contributed by atoms with van der Waals surface area (Å²) in [7, 11) is 0. The SMILES string of the molecule is CCCNc1nc(C)cn1C(C)c1ccc(C)cc1. The Bertz CT molecular complexity index is 525. The summed E-state index contributed by atoms with van der Waals surface area (Å²) in [6, 6.07) is 9.00. The van der Waals surface area contributed by atoms with E-state index in [1.165, 1.54) is 11.1 Å². The number of rotatable bonds is 5. The van der Waals surface area contributed by atoms with Crippen molar-refractivity contribution in [2.24, 2.45) is 0 Å². The van der Waals surface area contributed by atoms with Crippen LogP contribution in [-0.2, 0) is 0 Å². The molecule has 0 saturated heterocycles. The predicted molar refractivity (Wildman–Crippen MR) is 80.7 cm³/mol. The highest BCUT2D eigenvalue weighted by molar-refractivity contribution is 5.33. The lowest BCUT2D eigenvalue weighted by Gasteiger charge is -2.17. The summed E-state index contributed by atoms with van der Waals surface area (Å²) in [5, 5.41) is 3.40. The van der Waals surface area contributed by atoms with E-state index in [-0.39, 0.29) is 0 Å². The quantitative estimate of drug-likeness (QED) is 0.879. The van der Waals surface area contributed by atoms with Gasteiger partial charge in [-0.3, -0.25) is 0 Å². The third-order valence-electron chi connectivity index (χ3n) is 3.36. The maximum Gasteiger partial charge on any atom is 0.203 e. The molecule has 0 aliphatic heterocycles. The lowest BCUT2D eigenvalue weighted by Crippen LogP contribution is -2.12. The third-order valence-corrected chi connectivity index (χ3v) is 3.36. The van der Waals surface area contributed by atoms with Gasteiger partial charge in [-0.05, 0) is 32.8 Å². The minimum Gasteiger partial charge on any atom is -0.356 e. The van der Waals surface area contributed by atoms with Crippen molar-refractivity contribution in [2.75, 3.05) is 11.9 Å². The fraction of sp³-hybridized carbons (Fsp3) is 0.438. The first-order valence-electron chi connectivity index (χ1n) is 6.97. The van der Waals surface area contributed by atoms with Crippen molar-refractivity contribution >= 4 is 5.95 Å². The van der Waals surface area contributed by atoms with Crippen LogP contribution >= 0.6 is 0 Å². The molecule has 0 amide bonds. The summed E-state index contributed by atoms with van der Waals surface area (Å²) in [4.78, 5) is 4.56. The van der Waals surface area contributed by atoms with E-state index in [4.69, 9.17) is 0 Å². The van der Waals surface area contributed by atoms with Gasteiger partial charge >= 0.3 is 0 Å². The molecule has 2 aromatic rings. The Kier molecular flexibility index (Phi) is 4.25. The van der Waals surface area contributed by atoms with Gasteiger partial charge in [-0.25, -0.2) is 4.98 Å². The van der Waals surface area contributed by atoms with Gasteiger partial charge in [-0.1, -0.05) is 36.8 Å². The minimum absolute atomic E-state index is 0.293. The smallest absolute Gasteiger partial charge is 0.203 e. The molecule has 0 bridgehead atoms. The van der Waals surface area contributed by atoms with Gasteiger partial charge in [0.1, 0.15) is 0 Å². The molecule has 1 N–H and O–H groups in total. The molecule has 1 unspecified atom stereocenters. The van der Waals surface area contributed by atoms with E-state index in [9.17, 15) is 0 Å². The van der Waals surface area contributed by atoms with Crippen LogP contribution in [0.15, 0.2) is 30.5 Å². The molecule has 0 aliphatic rings. The van der Waals surface area contributed by atoms with Gasteiger partial charge in [0.2, 0.25) is 5.95 Å². The number of benzene rings is 1. The number of nitrogens with zero attached hydrogens (tertiary/aromatic N) is 2. The molecule has 0 aliphatic carbocycles.